The third-order valence-corrected chi connectivity index (χ3v) is 10.9. The number of nitrogens with one attached hydrogen (secondary N) is 3. The number of nitrogens with zero attached hydrogens (tertiary/aromatic N) is 1. The summed E-state index contributed by atoms with van der Waals surface area (Å²) >= 11 is 7.14. The monoisotopic (exact) mass is 764 g/mol. The third-order valence-electron chi connectivity index (χ3n) is 10.4. The van der Waals surface area contributed by atoms with E-state index in [1.165, 1.54) is 7.11 Å². The van der Waals surface area contributed by atoms with Crippen molar-refractivity contribution in [2.45, 2.75) is 75.5 Å². The first-order valence-electron chi connectivity index (χ1n) is 17.8. The Morgan fingerprint density at radius 3 is 2.41 bits per heavy atom. The van der Waals surface area contributed by atoms with Crippen LogP contribution in [0.5, 0.6) is 17.5 Å². The smallest absolute Gasteiger partial charge is 0.421 e. The van der Waals surface area contributed by atoms with Crippen molar-refractivity contribution in [1.29, 1.82) is 0 Å². The Bertz CT molecular complexity index is 2090. The summed E-state index contributed by atoms with van der Waals surface area (Å²) in [5, 5.41) is 19.2. The van der Waals surface area contributed by atoms with Crippen molar-refractivity contribution in [2.24, 2.45) is 0 Å². The number of carbonyl (C=O) groups excluding carboxylic acids is 1. The fraction of sp³-hybridized carbons (Fsp3) is 0.375. The molecule has 0 spiro atoms. The highest BCUT2D eigenvalue weighted by atomic mass is 35.5. The van der Waals surface area contributed by atoms with E-state index in [9.17, 15) is 27.9 Å². The number of methoxy groups -OCH3 is 2. The number of carboxylic acids is 1. The Morgan fingerprint density at radius 2 is 1.72 bits per heavy atom. The van der Waals surface area contributed by atoms with Gasteiger partial charge in [-0.25, -0.2) is 0 Å². The number of benzene rings is 3. The summed E-state index contributed by atoms with van der Waals surface area (Å²) in [6.07, 6.45) is -2.44. The number of hydrogen-bond acceptors (Lipinski definition) is 8. The van der Waals surface area contributed by atoms with Crippen LogP contribution in [0.3, 0.4) is 0 Å². The topological polar surface area (TPSA) is 131 Å². The molecule has 4 aromatic rings. The van der Waals surface area contributed by atoms with Gasteiger partial charge < -0.3 is 30.0 Å². The Balaban J connectivity index is 1.13. The van der Waals surface area contributed by atoms with Crippen molar-refractivity contribution in [3.05, 3.63) is 93.5 Å². The van der Waals surface area contributed by atoms with Crippen molar-refractivity contribution in [3.8, 4) is 39.8 Å². The Kier molecular flexibility index (Phi) is 10.5. The molecule has 7 rings (SSSR count). The fourth-order valence-electron chi connectivity index (χ4n) is 7.33. The normalized spacial score (nSPS) is 18.6. The quantitative estimate of drug-likeness (QED) is 0.105. The zero-order valence-corrected chi connectivity index (χ0v) is 30.5. The van der Waals surface area contributed by atoms with Gasteiger partial charge in [0.15, 0.2) is 0 Å². The molecule has 284 valence electrons. The van der Waals surface area contributed by atoms with Gasteiger partial charge in [-0.3, -0.25) is 14.9 Å². The van der Waals surface area contributed by atoms with E-state index in [0.29, 0.717) is 56.0 Å². The molecular formula is C40H40ClF3N4O6. The van der Waals surface area contributed by atoms with Gasteiger partial charge in [-0.1, -0.05) is 60.1 Å². The second-order valence-corrected chi connectivity index (χ2v) is 14.3. The molecule has 2 aliphatic carbocycles. The third kappa shape index (κ3) is 7.57. The second kappa shape index (κ2) is 15.1. The number of amides is 1. The average Bonchev–Trinajstić information content (AvgIpc) is 3.68. The van der Waals surface area contributed by atoms with Crippen molar-refractivity contribution in [2.75, 3.05) is 20.8 Å². The zero-order chi connectivity index (χ0) is 38.2. The highest BCUT2D eigenvalue weighted by molar-refractivity contribution is 6.36. The first-order valence-corrected chi connectivity index (χ1v) is 18.2. The fourth-order valence-corrected chi connectivity index (χ4v) is 7.67. The summed E-state index contributed by atoms with van der Waals surface area (Å²) in [5.41, 5.74) is 3.75. The van der Waals surface area contributed by atoms with E-state index in [-0.39, 0.29) is 29.9 Å². The number of rotatable bonds is 14. The van der Waals surface area contributed by atoms with Crippen molar-refractivity contribution < 1.29 is 42.1 Å². The summed E-state index contributed by atoms with van der Waals surface area (Å²) < 4.78 is 60.5. The lowest BCUT2D eigenvalue weighted by molar-refractivity contribution is -0.141. The minimum Gasteiger partial charge on any atom is -0.496 e. The molecule has 1 saturated heterocycles. The highest BCUT2D eigenvalue weighted by Crippen LogP contribution is 2.46. The van der Waals surface area contributed by atoms with Crippen LogP contribution in [0.4, 0.5) is 13.2 Å². The van der Waals surface area contributed by atoms with Gasteiger partial charge in [0, 0.05) is 54.4 Å². The molecule has 3 aliphatic rings. The van der Waals surface area contributed by atoms with E-state index in [2.05, 4.69) is 20.9 Å². The molecule has 54 heavy (non-hydrogen) atoms. The van der Waals surface area contributed by atoms with Gasteiger partial charge in [0.25, 0.3) is 0 Å². The largest absolute Gasteiger partial charge is 0.496 e. The molecular weight excluding hydrogens is 725 g/mol. The number of carbonyl (C=O) groups is 2. The lowest BCUT2D eigenvalue weighted by atomic mass is 9.93. The number of fused-ring (bicyclic) bond motifs is 1. The Labute approximate surface area is 315 Å². The minimum atomic E-state index is -4.79. The summed E-state index contributed by atoms with van der Waals surface area (Å²) in [5.74, 6) is -0.971. The maximum atomic E-state index is 14.4. The van der Waals surface area contributed by atoms with E-state index >= 15 is 0 Å². The summed E-state index contributed by atoms with van der Waals surface area (Å²) in [6, 6.07) is 18.3. The van der Waals surface area contributed by atoms with Gasteiger partial charge in [-0.05, 0) is 66.5 Å². The van der Waals surface area contributed by atoms with Gasteiger partial charge in [0.05, 0.1) is 19.2 Å². The number of alkyl halides is 3. The van der Waals surface area contributed by atoms with Gasteiger partial charge in [0.1, 0.15) is 23.0 Å². The summed E-state index contributed by atoms with van der Waals surface area (Å²) in [6.45, 7) is 1.05. The van der Waals surface area contributed by atoms with E-state index in [1.54, 1.807) is 7.11 Å². The maximum Gasteiger partial charge on any atom is 0.421 e. The molecule has 2 atom stereocenters. The van der Waals surface area contributed by atoms with Crippen LogP contribution in [-0.2, 0) is 35.3 Å². The van der Waals surface area contributed by atoms with Crippen LogP contribution >= 0.6 is 11.6 Å². The standard InChI is InChI=1S/C40H40ClF3N4O6/c1-52-33-18-22(9-10-23(33)19-45-21-25-11-14-34(49)47-25)26-5-3-8-30(35(26)41)27-6-4-7-29-28(27)12-13-32(29)54-37-31(40(42,43)44)17-24(36(48-37)53-2)20-46-39(15-16-39)38(50)51/h3-10,17-18,25,32,45-46H,11-16,19-21H2,1-2H3,(H,47,49)(H,50,51)/t25-,32-/m0/s1. The molecule has 0 unspecified atom stereocenters. The molecule has 14 heteroatoms. The average molecular weight is 765 g/mol. The number of carboxylic acid groups (broad SMARTS) is 1. The molecule has 1 aromatic heterocycles. The maximum absolute atomic E-state index is 14.4. The highest BCUT2D eigenvalue weighted by Gasteiger charge is 2.50. The van der Waals surface area contributed by atoms with Gasteiger partial charge >= 0.3 is 12.1 Å². The van der Waals surface area contributed by atoms with E-state index in [4.69, 9.17) is 25.8 Å². The summed E-state index contributed by atoms with van der Waals surface area (Å²) in [7, 11) is 2.91. The Morgan fingerprint density at radius 1 is 0.963 bits per heavy atom. The number of ether oxygens (including phenoxy) is 3. The number of halogens is 4. The number of hydrogen-bond donors (Lipinski definition) is 4. The number of pyridine rings is 1. The first-order chi connectivity index (χ1) is 25.9. The van der Waals surface area contributed by atoms with Crippen molar-refractivity contribution >= 4 is 23.5 Å². The van der Waals surface area contributed by atoms with Crippen LogP contribution in [0.25, 0.3) is 22.3 Å². The van der Waals surface area contributed by atoms with Crippen LogP contribution < -0.4 is 30.2 Å². The van der Waals surface area contributed by atoms with Crippen LogP contribution in [-0.4, -0.2) is 54.3 Å². The molecule has 1 amide bonds. The predicted molar refractivity (Wildman–Crippen MR) is 196 cm³/mol. The van der Waals surface area contributed by atoms with E-state index in [1.807, 2.05) is 54.6 Å². The molecule has 10 nitrogen and oxygen atoms in total. The molecule has 4 N–H and O–H groups in total. The molecule has 0 bridgehead atoms. The van der Waals surface area contributed by atoms with Crippen LogP contribution in [0.2, 0.25) is 5.02 Å². The van der Waals surface area contributed by atoms with Crippen LogP contribution in [0.1, 0.15) is 66.0 Å². The van der Waals surface area contributed by atoms with Crippen molar-refractivity contribution in [3.63, 3.8) is 0 Å². The minimum absolute atomic E-state index is 0.0767. The molecule has 0 radical (unpaired) electrons. The summed E-state index contributed by atoms with van der Waals surface area (Å²) in [4.78, 5) is 27.3. The van der Waals surface area contributed by atoms with Gasteiger partial charge in [-0.2, -0.15) is 18.2 Å². The van der Waals surface area contributed by atoms with E-state index in [0.717, 1.165) is 51.4 Å². The molecule has 1 aliphatic heterocycles. The SMILES string of the molecule is COc1cc(-c2cccc(-c3cccc4c3CC[C@@H]4Oc3nc(OC)c(CNC4(C(=O)O)CC4)cc3C(F)(F)F)c2Cl)ccc1CNC[C@@H]1CCC(=O)N1. The van der Waals surface area contributed by atoms with Gasteiger partial charge in [0.2, 0.25) is 17.7 Å². The van der Waals surface area contributed by atoms with Crippen LogP contribution in [0, 0.1) is 0 Å². The predicted octanol–water partition coefficient (Wildman–Crippen LogP) is 7.25. The lowest BCUT2D eigenvalue weighted by Crippen LogP contribution is -2.38. The first kappa shape index (κ1) is 37.5. The van der Waals surface area contributed by atoms with Crippen LogP contribution in [0.15, 0.2) is 60.7 Å². The molecule has 3 aromatic carbocycles. The van der Waals surface area contributed by atoms with Crippen molar-refractivity contribution in [1.82, 2.24) is 20.9 Å². The second-order valence-electron chi connectivity index (χ2n) is 13.9. The molecule has 2 heterocycles. The zero-order valence-electron chi connectivity index (χ0n) is 29.7. The van der Waals surface area contributed by atoms with Gasteiger partial charge in [-0.15, -0.1) is 0 Å². The molecule has 1 saturated carbocycles. The van der Waals surface area contributed by atoms with E-state index < -0.39 is 35.2 Å². The lowest BCUT2D eigenvalue weighted by Gasteiger charge is -2.21. The molecule has 2 fully saturated rings. The Hall–Kier alpha value is -4.85. The number of aromatic nitrogens is 1. The number of aliphatic carboxylic acids is 1.